The highest BCUT2D eigenvalue weighted by Gasteiger charge is 2.29. The molecule has 1 saturated heterocycles. The number of rotatable bonds is 7. The maximum absolute atomic E-state index is 12.3. The van der Waals surface area contributed by atoms with E-state index in [1.54, 1.807) is 4.31 Å². The van der Waals surface area contributed by atoms with Crippen molar-refractivity contribution < 1.29 is 13.2 Å². The molecule has 0 aromatic rings. The van der Waals surface area contributed by atoms with Crippen molar-refractivity contribution in [2.45, 2.75) is 13.8 Å². The average molecular weight is 265 g/mol. The monoisotopic (exact) mass is 265 g/mol. The van der Waals surface area contributed by atoms with Crippen LogP contribution in [0.5, 0.6) is 0 Å². The smallest absolute Gasteiger partial charge is 0.282 e. The lowest BCUT2D eigenvalue weighted by molar-refractivity contribution is 0.133. The second-order valence-electron chi connectivity index (χ2n) is 3.85. The van der Waals surface area contributed by atoms with E-state index in [-0.39, 0.29) is 0 Å². The first-order valence-electron chi connectivity index (χ1n) is 6.16. The summed E-state index contributed by atoms with van der Waals surface area (Å²) in [5.41, 5.74) is 0. The SMILES string of the molecule is CCOCCN(CC)S(=O)(=O)N1CCNCC1. The number of hydrogen-bond donors (Lipinski definition) is 1. The molecule has 0 saturated carbocycles. The van der Waals surface area contributed by atoms with E-state index in [0.29, 0.717) is 39.4 Å². The summed E-state index contributed by atoms with van der Waals surface area (Å²) in [6, 6.07) is 0. The van der Waals surface area contributed by atoms with Gasteiger partial charge in [-0.3, -0.25) is 0 Å². The van der Waals surface area contributed by atoms with E-state index in [0.717, 1.165) is 13.1 Å². The quantitative estimate of drug-likeness (QED) is 0.630. The molecule has 0 amide bonds. The molecule has 7 heteroatoms. The molecule has 0 atom stereocenters. The molecule has 1 aliphatic heterocycles. The number of ether oxygens (including phenoxy) is 1. The van der Waals surface area contributed by atoms with E-state index in [2.05, 4.69) is 5.32 Å². The summed E-state index contributed by atoms with van der Waals surface area (Å²) in [7, 11) is -3.31. The normalized spacial score (nSPS) is 18.8. The summed E-state index contributed by atoms with van der Waals surface area (Å²) >= 11 is 0. The third-order valence-electron chi connectivity index (χ3n) is 2.77. The molecule has 1 N–H and O–H groups in total. The van der Waals surface area contributed by atoms with E-state index in [1.807, 2.05) is 13.8 Å². The Morgan fingerprint density at radius 3 is 2.47 bits per heavy atom. The van der Waals surface area contributed by atoms with Crippen LogP contribution in [0.2, 0.25) is 0 Å². The van der Waals surface area contributed by atoms with Gasteiger partial charge >= 0.3 is 0 Å². The van der Waals surface area contributed by atoms with E-state index in [4.69, 9.17) is 4.74 Å². The van der Waals surface area contributed by atoms with Gasteiger partial charge in [0.15, 0.2) is 0 Å². The van der Waals surface area contributed by atoms with Gasteiger partial charge in [0.25, 0.3) is 10.2 Å². The van der Waals surface area contributed by atoms with Crippen molar-refractivity contribution in [1.82, 2.24) is 13.9 Å². The van der Waals surface area contributed by atoms with Crippen LogP contribution in [0.4, 0.5) is 0 Å². The van der Waals surface area contributed by atoms with E-state index in [1.165, 1.54) is 4.31 Å². The molecule has 1 aliphatic rings. The fourth-order valence-electron chi connectivity index (χ4n) is 1.79. The predicted molar refractivity (Wildman–Crippen MR) is 67.1 cm³/mol. The Kier molecular flexibility index (Phi) is 6.35. The van der Waals surface area contributed by atoms with Gasteiger partial charge < -0.3 is 10.1 Å². The van der Waals surface area contributed by atoms with Crippen molar-refractivity contribution in [3.8, 4) is 0 Å². The van der Waals surface area contributed by atoms with Crippen molar-refractivity contribution >= 4 is 10.2 Å². The highest BCUT2D eigenvalue weighted by Crippen LogP contribution is 2.09. The van der Waals surface area contributed by atoms with E-state index >= 15 is 0 Å². The lowest BCUT2D eigenvalue weighted by Crippen LogP contribution is -2.52. The molecule has 0 aliphatic carbocycles. The topological polar surface area (TPSA) is 61.9 Å². The molecule has 17 heavy (non-hydrogen) atoms. The molecular formula is C10H23N3O3S. The van der Waals surface area contributed by atoms with Gasteiger partial charge in [0.1, 0.15) is 0 Å². The first kappa shape index (κ1) is 14.8. The molecule has 0 radical (unpaired) electrons. The van der Waals surface area contributed by atoms with Gasteiger partial charge in [0.2, 0.25) is 0 Å². The summed E-state index contributed by atoms with van der Waals surface area (Å²) in [6.45, 7) is 8.29. The second-order valence-corrected chi connectivity index (χ2v) is 5.77. The van der Waals surface area contributed by atoms with Crippen LogP contribution in [-0.2, 0) is 14.9 Å². The highest BCUT2D eigenvalue weighted by molar-refractivity contribution is 7.86. The number of nitrogens with zero attached hydrogens (tertiary/aromatic N) is 2. The largest absolute Gasteiger partial charge is 0.380 e. The Bertz CT molecular complexity index is 302. The Labute approximate surface area is 104 Å². The van der Waals surface area contributed by atoms with Crippen molar-refractivity contribution in [3.63, 3.8) is 0 Å². The minimum absolute atomic E-state index is 0.427. The van der Waals surface area contributed by atoms with Crippen molar-refractivity contribution in [3.05, 3.63) is 0 Å². The van der Waals surface area contributed by atoms with Gasteiger partial charge in [-0.1, -0.05) is 6.92 Å². The lowest BCUT2D eigenvalue weighted by atomic mass is 10.4. The molecule has 0 bridgehead atoms. The first-order chi connectivity index (χ1) is 8.12. The third-order valence-corrected chi connectivity index (χ3v) is 4.88. The lowest BCUT2D eigenvalue weighted by Gasteiger charge is -2.31. The predicted octanol–water partition coefficient (Wildman–Crippen LogP) is -0.505. The zero-order valence-electron chi connectivity index (χ0n) is 10.7. The average Bonchev–Trinajstić information content (AvgIpc) is 2.35. The summed E-state index contributed by atoms with van der Waals surface area (Å²) < 4.78 is 32.8. The molecule has 0 spiro atoms. The van der Waals surface area contributed by atoms with Gasteiger partial charge in [-0.2, -0.15) is 17.0 Å². The summed E-state index contributed by atoms with van der Waals surface area (Å²) in [4.78, 5) is 0. The van der Waals surface area contributed by atoms with Crippen LogP contribution in [0, 0.1) is 0 Å². The molecule has 6 nitrogen and oxygen atoms in total. The molecular weight excluding hydrogens is 242 g/mol. The number of piperazine rings is 1. The van der Waals surface area contributed by atoms with Gasteiger partial charge in [0.05, 0.1) is 6.61 Å². The molecule has 0 unspecified atom stereocenters. The Hall–Kier alpha value is -0.210. The Morgan fingerprint density at radius 2 is 1.94 bits per heavy atom. The van der Waals surface area contributed by atoms with Crippen LogP contribution in [0.15, 0.2) is 0 Å². The van der Waals surface area contributed by atoms with E-state index < -0.39 is 10.2 Å². The molecule has 102 valence electrons. The summed E-state index contributed by atoms with van der Waals surface area (Å²) in [6.07, 6.45) is 0. The van der Waals surface area contributed by atoms with Crippen molar-refractivity contribution in [2.75, 3.05) is 52.5 Å². The number of nitrogens with one attached hydrogen (secondary N) is 1. The molecule has 0 aromatic heterocycles. The maximum atomic E-state index is 12.3. The fourth-order valence-corrected chi connectivity index (χ4v) is 3.39. The molecule has 1 fully saturated rings. The van der Waals surface area contributed by atoms with Crippen LogP contribution >= 0.6 is 0 Å². The second kappa shape index (κ2) is 7.27. The third kappa shape index (κ3) is 4.18. The Morgan fingerprint density at radius 1 is 1.29 bits per heavy atom. The zero-order valence-corrected chi connectivity index (χ0v) is 11.5. The summed E-state index contributed by atoms with van der Waals surface area (Å²) in [5, 5.41) is 3.15. The summed E-state index contributed by atoms with van der Waals surface area (Å²) in [5.74, 6) is 0. The number of hydrogen-bond acceptors (Lipinski definition) is 4. The molecule has 1 rings (SSSR count). The zero-order chi connectivity index (χ0) is 12.7. The maximum Gasteiger partial charge on any atom is 0.282 e. The highest BCUT2D eigenvalue weighted by atomic mass is 32.2. The first-order valence-corrected chi connectivity index (χ1v) is 7.56. The van der Waals surface area contributed by atoms with Crippen LogP contribution < -0.4 is 5.32 Å². The van der Waals surface area contributed by atoms with Gasteiger partial charge in [-0.15, -0.1) is 0 Å². The minimum Gasteiger partial charge on any atom is -0.380 e. The van der Waals surface area contributed by atoms with Gasteiger partial charge in [-0.25, -0.2) is 0 Å². The number of likely N-dealkylation sites (N-methyl/N-ethyl adjacent to an activating group) is 1. The standard InChI is InChI=1S/C10H23N3O3S/c1-3-12(9-10-16-4-2)17(14,15)13-7-5-11-6-8-13/h11H,3-10H2,1-2H3. The van der Waals surface area contributed by atoms with Crippen molar-refractivity contribution in [2.24, 2.45) is 0 Å². The fraction of sp³-hybridized carbons (Fsp3) is 1.00. The molecule has 1 heterocycles. The molecule has 0 aromatic carbocycles. The van der Waals surface area contributed by atoms with Crippen LogP contribution in [0.3, 0.4) is 0 Å². The van der Waals surface area contributed by atoms with Gasteiger partial charge in [0, 0.05) is 45.9 Å². The van der Waals surface area contributed by atoms with Crippen LogP contribution in [0.25, 0.3) is 0 Å². The van der Waals surface area contributed by atoms with Crippen molar-refractivity contribution in [1.29, 1.82) is 0 Å². The minimum atomic E-state index is -3.31. The Balaban J connectivity index is 2.57. The van der Waals surface area contributed by atoms with E-state index in [9.17, 15) is 8.42 Å². The van der Waals surface area contributed by atoms with Gasteiger partial charge in [-0.05, 0) is 6.92 Å². The van der Waals surface area contributed by atoms with Crippen LogP contribution in [0.1, 0.15) is 13.8 Å². The van der Waals surface area contributed by atoms with Crippen LogP contribution in [-0.4, -0.2) is 69.5 Å².